The van der Waals surface area contributed by atoms with Crippen LogP contribution in [0.5, 0.6) is 0 Å². The number of benzene rings is 1. The summed E-state index contributed by atoms with van der Waals surface area (Å²) < 4.78 is 1.12. The summed E-state index contributed by atoms with van der Waals surface area (Å²) in [5, 5.41) is 4.48. The van der Waals surface area contributed by atoms with E-state index in [1.807, 2.05) is 0 Å². The fourth-order valence-electron chi connectivity index (χ4n) is 1.86. The van der Waals surface area contributed by atoms with E-state index < -0.39 is 0 Å². The number of rotatable bonds is 1. The second-order valence-corrected chi connectivity index (χ2v) is 6.94. The molecule has 0 saturated carbocycles. The second-order valence-electron chi connectivity index (χ2n) is 5.06. The predicted octanol–water partition coefficient (Wildman–Crippen LogP) is 4.36. The number of halogens is 1. The highest BCUT2D eigenvalue weighted by atomic mass is 79.9. The number of nitrogens with zero attached hydrogens (tertiary/aromatic N) is 1. The number of hydrogen-bond acceptors (Lipinski definition) is 3. The largest absolute Gasteiger partial charge is 0.335 e. The van der Waals surface area contributed by atoms with Gasteiger partial charge in [0.15, 0.2) is 5.17 Å². The summed E-state index contributed by atoms with van der Waals surface area (Å²) in [6.45, 7) is 8.56. The van der Waals surface area contributed by atoms with Gasteiger partial charge in [0.25, 0.3) is 0 Å². The predicted molar refractivity (Wildman–Crippen MR) is 81.2 cm³/mol. The minimum Gasteiger partial charge on any atom is -0.335 e. The van der Waals surface area contributed by atoms with E-state index in [2.05, 4.69) is 66.1 Å². The van der Waals surface area contributed by atoms with Gasteiger partial charge in [0, 0.05) is 15.9 Å². The van der Waals surface area contributed by atoms with Crippen molar-refractivity contribution in [3.8, 4) is 0 Å². The Morgan fingerprint density at radius 3 is 2.35 bits per heavy atom. The van der Waals surface area contributed by atoms with Crippen LogP contribution in [0.15, 0.2) is 21.6 Å². The summed E-state index contributed by atoms with van der Waals surface area (Å²) >= 11 is 5.31. The zero-order valence-corrected chi connectivity index (χ0v) is 13.0. The van der Waals surface area contributed by atoms with E-state index in [4.69, 9.17) is 0 Å². The third-order valence-corrected chi connectivity index (χ3v) is 4.47. The molecule has 1 heterocycles. The normalized spacial score (nSPS) is 18.1. The van der Waals surface area contributed by atoms with Gasteiger partial charge in [-0.1, -0.05) is 27.7 Å². The van der Waals surface area contributed by atoms with E-state index in [9.17, 15) is 0 Å². The first-order valence-corrected chi connectivity index (χ1v) is 7.42. The number of thioether (sulfide) groups is 1. The highest BCUT2D eigenvalue weighted by molar-refractivity contribution is 9.10. The lowest BCUT2D eigenvalue weighted by Crippen LogP contribution is -2.15. The molecule has 0 atom stereocenters. The van der Waals surface area contributed by atoms with Crippen LogP contribution in [0.25, 0.3) is 0 Å². The Morgan fingerprint density at radius 1 is 1.29 bits per heavy atom. The summed E-state index contributed by atoms with van der Waals surface area (Å²) in [6, 6.07) is 4.25. The van der Waals surface area contributed by atoms with Gasteiger partial charge < -0.3 is 5.32 Å². The van der Waals surface area contributed by atoms with E-state index in [1.54, 1.807) is 11.8 Å². The molecule has 1 aliphatic rings. The molecular formula is C13H17BrN2S. The van der Waals surface area contributed by atoms with Crippen LogP contribution in [0.4, 0.5) is 5.69 Å². The highest BCUT2D eigenvalue weighted by Crippen LogP contribution is 2.31. The molecule has 17 heavy (non-hydrogen) atoms. The quantitative estimate of drug-likeness (QED) is 0.833. The molecule has 1 aromatic rings. The standard InChI is InChI=1S/C13H17BrN2S/c1-8-5-10(14)6-9(2)11(8)15-12-16-13(3,4)7-17-12/h5-6H,7H2,1-4H3,(H,15,16). The Labute approximate surface area is 115 Å². The van der Waals surface area contributed by atoms with Crippen molar-refractivity contribution in [2.24, 2.45) is 4.99 Å². The lowest BCUT2D eigenvalue weighted by Gasteiger charge is -2.13. The Morgan fingerprint density at radius 2 is 1.88 bits per heavy atom. The third kappa shape index (κ3) is 3.05. The van der Waals surface area contributed by atoms with Crippen LogP contribution in [0.1, 0.15) is 25.0 Å². The van der Waals surface area contributed by atoms with Gasteiger partial charge in [-0.3, -0.25) is 4.99 Å². The monoisotopic (exact) mass is 312 g/mol. The van der Waals surface area contributed by atoms with Crippen LogP contribution in [-0.4, -0.2) is 16.5 Å². The highest BCUT2D eigenvalue weighted by Gasteiger charge is 2.25. The number of amidine groups is 1. The van der Waals surface area contributed by atoms with Gasteiger partial charge in [-0.2, -0.15) is 0 Å². The van der Waals surface area contributed by atoms with E-state index in [1.165, 1.54) is 16.8 Å². The van der Waals surface area contributed by atoms with Gasteiger partial charge in [0.1, 0.15) is 0 Å². The molecule has 1 N–H and O–H groups in total. The molecule has 2 rings (SSSR count). The molecule has 0 aromatic heterocycles. The summed E-state index contributed by atoms with van der Waals surface area (Å²) in [6.07, 6.45) is 0. The molecular weight excluding hydrogens is 296 g/mol. The molecule has 0 unspecified atom stereocenters. The molecule has 92 valence electrons. The van der Waals surface area contributed by atoms with Crippen molar-refractivity contribution in [3.05, 3.63) is 27.7 Å². The minimum atomic E-state index is 0.0597. The van der Waals surface area contributed by atoms with Crippen LogP contribution in [-0.2, 0) is 0 Å². The Bertz CT molecular complexity index is 457. The topological polar surface area (TPSA) is 24.4 Å². The maximum absolute atomic E-state index is 4.68. The van der Waals surface area contributed by atoms with Crippen molar-refractivity contribution >= 4 is 38.5 Å². The maximum atomic E-state index is 4.68. The minimum absolute atomic E-state index is 0.0597. The Kier molecular flexibility index (Phi) is 3.55. The maximum Gasteiger partial charge on any atom is 0.161 e. The number of aliphatic imine (C=N–C) groups is 1. The molecule has 0 radical (unpaired) electrons. The smallest absolute Gasteiger partial charge is 0.161 e. The van der Waals surface area contributed by atoms with E-state index in [-0.39, 0.29) is 5.54 Å². The molecule has 0 spiro atoms. The number of aryl methyl sites for hydroxylation is 2. The van der Waals surface area contributed by atoms with Crippen molar-refractivity contribution < 1.29 is 0 Å². The fraction of sp³-hybridized carbons (Fsp3) is 0.462. The van der Waals surface area contributed by atoms with E-state index >= 15 is 0 Å². The molecule has 0 aliphatic carbocycles. The zero-order valence-electron chi connectivity index (χ0n) is 10.6. The van der Waals surface area contributed by atoms with E-state index in [0.29, 0.717) is 0 Å². The first kappa shape index (κ1) is 13.0. The van der Waals surface area contributed by atoms with Crippen LogP contribution in [0.2, 0.25) is 0 Å². The lowest BCUT2D eigenvalue weighted by atomic mass is 10.1. The van der Waals surface area contributed by atoms with Crippen molar-refractivity contribution in [1.82, 2.24) is 0 Å². The lowest BCUT2D eigenvalue weighted by molar-refractivity contribution is 0.605. The summed E-state index contributed by atoms with van der Waals surface area (Å²) in [5.41, 5.74) is 3.72. The first-order chi connectivity index (χ1) is 7.87. The number of nitrogens with one attached hydrogen (secondary N) is 1. The SMILES string of the molecule is Cc1cc(Br)cc(C)c1NC1=NC(C)(C)CS1. The second kappa shape index (κ2) is 4.65. The fourth-order valence-corrected chi connectivity index (χ4v) is 3.59. The van der Waals surface area contributed by atoms with Crippen LogP contribution >= 0.6 is 27.7 Å². The number of hydrogen-bond donors (Lipinski definition) is 1. The van der Waals surface area contributed by atoms with Crippen molar-refractivity contribution in [3.63, 3.8) is 0 Å². The van der Waals surface area contributed by atoms with Crippen LogP contribution < -0.4 is 5.32 Å². The summed E-state index contributed by atoms with van der Waals surface area (Å²) in [7, 11) is 0. The van der Waals surface area contributed by atoms with Gasteiger partial charge in [0.2, 0.25) is 0 Å². The zero-order chi connectivity index (χ0) is 12.6. The van der Waals surface area contributed by atoms with Crippen molar-refractivity contribution in [2.45, 2.75) is 33.2 Å². The molecule has 2 nitrogen and oxygen atoms in total. The van der Waals surface area contributed by atoms with Crippen LogP contribution in [0.3, 0.4) is 0 Å². The van der Waals surface area contributed by atoms with Crippen LogP contribution in [0, 0.1) is 13.8 Å². The molecule has 0 amide bonds. The molecule has 1 aliphatic heterocycles. The third-order valence-electron chi connectivity index (χ3n) is 2.70. The summed E-state index contributed by atoms with van der Waals surface area (Å²) in [5.74, 6) is 1.05. The van der Waals surface area contributed by atoms with Gasteiger partial charge in [-0.15, -0.1) is 0 Å². The molecule has 0 saturated heterocycles. The molecule has 4 heteroatoms. The molecule has 0 bridgehead atoms. The molecule has 0 fully saturated rings. The van der Waals surface area contributed by atoms with Gasteiger partial charge in [-0.25, -0.2) is 0 Å². The number of anilines is 1. The Balaban J connectivity index is 2.26. The van der Waals surface area contributed by atoms with Crippen molar-refractivity contribution in [2.75, 3.05) is 11.1 Å². The van der Waals surface area contributed by atoms with E-state index in [0.717, 1.165) is 15.4 Å². The van der Waals surface area contributed by atoms with Gasteiger partial charge in [-0.05, 0) is 51.0 Å². The molecule has 1 aromatic carbocycles. The van der Waals surface area contributed by atoms with Crippen molar-refractivity contribution in [1.29, 1.82) is 0 Å². The average molecular weight is 313 g/mol. The van der Waals surface area contributed by atoms with Gasteiger partial charge >= 0.3 is 0 Å². The first-order valence-electron chi connectivity index (χ1n) is 5.64. The Hall–Kier alpha value is -0.480. The summed E-state index contributed by atoms with van der Waals surface area (Å²) in [4.78, 5) is 4.68. The average Bonchev–Trinajstić information content (AvgIpc) is 2.52. The van der Waals surface area contributed by atoms with Gasteiger partial charge in [0.05, 0.1) is 5.54 Å².